The van der Waals surface area contributed by atoms with E-state index in [9.17, 15) is 0 Å². The van der Waals surface area contributed by atoms with Gasteiger partial charge in [0.15, 0.2) is 0 Å². The Morgan fingerprint density at radius 1 is 1.27 bits per heavy atom. The average Bonchev–Trinajstić information content (AvgIpc) is 2.75. The fourth-order valence-corrected chi connectivity index (χ4v) is 1.52. The van der Waals surface area contributed by atoms with E-state index >= 15 is 0 Å². The van der Waals surface area contributed by atoms with Crippen LogP contribution in [0, 0.1) is 0 Å². The number of rotatable bonds is 4. The van der Waals surface area contributed by atoms with Crippen molar-refractivity contribution < 1.29 is 0 Å². The minimum atomic E-state index is 0.699. The summed E-state index contributed by atoms with van der Waals surface area (Å²) in [6.07, 6.45) is 8.26. The molecule has 0 aliphatic rings. The molecule has 0 atom stereocenters. The van der Waals surface area contributed by atoms with Crippen LogP contribution >= 0.6 is 0 Å². The second-order valence-corrected chi connectivity index (χ2v) is 3.36. The van der Waals surface area contributed by atoms with Gasteiger partial charge in [-0.3, -0.25) is 4.98 Å². The van der Waals surface area contributed by atoms with Gasteiger partial charge in [-0.15, -0.1) is 0 Å². The molecule has 4 heteroatoms. The first kappa shape index (κ1) is 9.86. The highest BCUT2D eigenvalue weighted by molar-refractivity contribution is 5.57. The van der Waals surface area contributed by atoms with Gasteiger partial charge in [0.1, 0.15) is 0 Å². The van der Waals surface area contributed by atoms with Gasteiger partial charge >= 0.3 is 0 Å². The fourth-order valence-electron chi connectivity index (χ4n) is 1.52. The molecule has 2 aromatic heterocycles. The first-order valence-corrected chi connectivity index (χ1v) is 5.02. The van der Waals surface area contributed by atoms with Crippen molar-refractivity contribution in [1.29, 1.82) is 0 Å². The summed E-state index contributed by atoms with van der Waals surface area (Å²) in [5, 5.41) is 0. The Balaban J connectivity index is 2.25. The zero-order valence-electron chi connectivity index (χ0n) is 8.50. The maximum atomic E-state index is 5.49. The monoisotopic (exact) mass is 202 g/mol. The molecule has 0 radical (unpaired) electrons. The zero-order chi connectivity index (χ0) is 10.5. The van der Waals surface area contributed by atoms with Crippen LogP contribution < -0.4 is 5.73 Å². The van der Waals surface area contributed by atoms with Crippen molar-refractivity contribution >= 4 is 0 Å². The summed E-state index contributed by atoms with van der Waals surface area (Å²) in [4.78, 5) is 8.24. The third-order valence-electron chi connectivity index (χ3n) is 2.27. The molecule has 0 aliphatic heterocycles. The Kier molecular flexibility index (Phi) is 3.09. The predicted octanol–water partition coefficient (Wildman–Crippen LogP) is 1.29. The smallest absolute Gasteiger partial charge is 0.0950 e. The highest BCUT2D eigenvalue weighted by Gasteiger charge is 2.03. The molecule has 0 fully saturated rings. The molecule has 2 N–H and O–H groups in total. The minimum Gasteiger partial charge on any atom is -0.331 e. The molecule has 0 unspecified atom stereocenters. The van der Waals surface area contributed by atoms with Gasteiger partial charge in [0.25, 0.3) is 0 Å². The summed E-state index contributed by atoms with van der Waals surface area (Å²) >= 11 is 0. The van der Waals surface area contributed by atoms with E-state index in [0.29, 0.717) is 6.54 Å². The van der Waals surface area contributed by atoms with Crippen LogP contribution in [-0.4, -0.2) is 21.1 Å². The topological polar surface area (TPSA) is 56.7 Å². The molecule has 0 bridgehead atoms. The second-order valence-electron chi connectivity index (χ2n) is 3.36. The van der Waals surface area contributed by atoms with E-state index < -0.39 is 0 Å². The SMILES string of the molecule is NCCCn1cncc1-c1cccnc1. The molecule has 0 saturated heterocycles. The van der Waals surface area contributed by atoms with Crippen molar-refractivity contribution in [2.24, 2.45) is 5.73 Å². The number of aromatic nitrogens is 3. The number of pyridine rings is 1. The van der Waals surface area contributed by atoms with Crippen molar-refractivity contribution in [3.63, 3.8) is 0 Å². The third-order valence-corrected chi connectivity index (χ3v) is 2.27. The highest BCUT2D eigenvalue weighted by Crippen LogP contribution is 2.17. The Bertz CT molecular complexity index is 408. The van der Waals surface area contributed by atoms with Crippen LogP contribution in [-0.2, 0) is 6.54 Å². The van der Waals surface area contributed by atoms with Gasteiger partial charge in [0.05, 0.1) is 18.2 Å². The lowest BCUT2D eigenvalue weighted by Gasteiger charge is -2.06. The zero-order valence-corrected chi connectivity index (χ0v) is 8.50. The normalized spacial score (nSPS) is 10.5. The molecule has 2 rings (SSSR count). The van der Waals surface area contributed by atoms with Crippen LogP contribution in [0.1, 0.15) is 6.42 Å². The number of imidazole rings is 1. The van der Waals surface area contributed by atoms with Gasteiger partial charge in [0, 0.05) is 24.5 Å². The summed E-state index contributed by atoms with van der Waals surface area (Å²) < 4.78 is 2.10. The predicted molar refractivity (Wildman–Crippen MR) is 59.1 cm³/mol. The summed E-state index contributed by atoms with van der Waals surface area (Å²) in [6.45, 7) is 1.60. The quantitative estimate of drug-likeness (QED) is 0.812. The van der Waals surface area contributed by atoms with Crippen LogP contribution in [0.4, 0.5) is 0 Å². The number of aryl methyl sites for hydroxylation is 1. The Labute approximate surface area is 88.8 Å². The molecule has 0 saturated carbocycles. The first-order chi connectivity index (χ1) is 7.42. The van der Waals surface area contributed by atoms with Crippen molar-refractivity contribution in [2.75, 3.05) is 6.54 Å². The lowest BCUT2D eigenvalue weighted by Crippen LogP contribution is -2.05. The minimum absolute atomic E-state index is 0.699. The number of hydrogen-bond donors (Lipinski definition) is 1. The van der Waals surface area contributed by atoms with Gasteiger partial charge in [0.2, 0.25) is 0 Å². The summed E-state index contributed by atoms with van der Waals surface area (Å²) in [7, 11) is 0. The van der Waals surface area contributed by atoms with Gasteiger partial charge in [-0.1, -0.05) is 0 Å². The van der Waals surface area contributed by atoms with Gasteiger partial charge in [-0.05, 0) is 25.1 Å². The second kappa shape index (κ2) is 4.70. The van der Waals surface area contributed by atoms with E-state index in [1.807, 2.05) is 30.9 Å². The Morgan fingerprint density at radius 3 is 2.93 bits per heavy atom. The molecule has 4 nitrogen and oxygen atoms in total. The molecule has 2 aromatic rings. The molecule has 0 spiro atoms. The summed E-state index contributed by atoms with van der Waals surface area (Å²) in [6, 6.07) is 3.96. The molecule has 15 heavy (non-hydrogen) atoms. The van der Waals surface area contributed by atoms with Crippen LogP contribution in [0.25, 0.3) is 11.3 Å². The van der Waals surface area contributed by atoms with Crippen LogP contribution in [0.3, 0.4) is 0 Å². The molecule has 0 amide bonds. The molecular formula is C11H14N4. The highest BCUT2D eigenvalue weighted by atomic mass is 15.0. The van der Waals surface area contributed by atoms with E-state index in [-0.39, 0.29) is 0 Å². The number of nitrogens with zero attached hydrogens (tertiary/aromatic N) is 3. The van der Waals surface area contributed by atoms with Crippen LogP contribution in [0.5, 0.6) is 0 Å². The standard InChI is InChI=1S/C11H14N4/c12-4-2-6-15-9-14-8-11(15)10-3-1-5-13-7-10/h1,3,5,7-9H,2,4,6,12H2. The largest absolute Gasteiger partial charge is 0.331 e. The number of nitrogens with two attached hydrogens (primary N) is 1. The maximum absolute atomic E-state index is 5.49. The number of hydrogen-bond acceptors (Lipinski definition) is 3. The van der Waals surface area contributed by atoms with E-state index in [1.165, 1.54) is 0 Å². The summed E-state index contributed by atoms with van der Waals surface area (Å²) in [5.74, 6) is 0. The lowest BCUT2D eigenvalue weighted by atomic mass is 10.2. The Hall–Kier alpha value is -1.68. The average molecular weight is 202 g/mol. The van der Waals surface area contributed by atoms with E-state index in [4.69, 9.17) is 5.73 Å². The van der Waals surface area contributed by atoms with Crippen molar-refractivity contribution in [3.05, 3.63) is 37.1 Å². The molecule has 0 aliphatic carbocycles. The maximum Gasteiger partial charge on any atom is 0.0950 e. The summed E-state index contributed by atoms with van der Waals surface area (Å²) in [5.41, 5.74) is 7.67. The van der Waals surface area contributed by atoms with Crippen LogP contribution in [0.2, 0.25) is 0 Å². The van der Waals surface area contributed by atoms with E-state index in [0.717, 1.165) is 24.2 Å². The molecule has 78 valence electrons. The van der Waals surface area contributed by atoms with Gasteiger partial charge in [-0.2, -0.15) is 0 Å². The molecule has 0 aromatic carbocycles. The van der Waals surface area contributed by atoms with E-state index in [1.54, 1.807) is 6.20 Å². The van der Waals surface area contributed by atoms with E-state index in [2.05, 4.69) is 14.5 Å². The first-order valence-electron chi connectivity index (χ1n) is 5.02. The fraction of sp³-hybridized carbons (Fsp3) is 0.273. The third kappa shape index (κ3) is 2.22. The van der Waals surface area contributed by atoms with Crippen molar-refractivity contribution in [2.45, 2.75) is 13.0 Å². The van der Waals surface area contributed by atoms with Gasteiger partial charge in [-0.25, -0.2) is 4.98 Å². The Morgan fingerprint density at radius 2 is 2.20 bits per heavy atom. The lowest BCUT2D eigenvalue weighted by molar-refractivity contribution is 0.655. The van der Waals surface area contributed by atoms with Crippen molar-refractivity contribution in [1.82, 2.24) is 14.5 Å². The molecule has 2 heterocycles. The van der Waals surface area contributed by atoms with Crippen LogP contribution in [0.15, 0.2) is 37.1 Å². The molecular weight excluding hydrogens is 188 g/mol. The van der Waals surface area contributed by atoms with Gasteiger partial charge < -0.3 is 10.3 Å². The van der Waals surface area contributed by atoms with Crippen molar-refractivity contribution in [3.8, 4) is 11.3 Å².